The number of esters is 1. The van der Waals surface area contributed by atoms with Gasteiger partial charge in [-0.2, -0.15) is 0 Å². The molecule has 0 aliphatic heterocycles. The Bertz CT molecular complexity index is 480. The number of ether oxygens (including phenoxy) is 1. The molecule has 0 spiro atoms. The summed E-state index contributed by atoms with van der Waals surface area (Å²) in [6, 6.07) is 10.5. The molecular weight excluding hydrogens is 272 g/mol. The van der Waals surface area contributed by atoms with Gasteiger partial charge >= 0.3 is 5.97 Å². The monoisotopic (exact) mass is 302 g/mol. The van der Waals surface area contributed by atoms with Crippen LogP contribution >= 0.6 is 0 Å². The summed E-state index contributed by atoms with van der Waals surface area (Å²) in [6.07, 6.45) is 5.12. The zero-order valence-electron chi connectivity index (χ0n) is 14.8. The van der Waals surface area contributed by atoms with Crippen LogP contribution in [0.3, 0.4) is 0 Å². The number of carbonyl (C=O) groups is 1. The number of rotatable bonds is 6. The first-order valence-electron chi connectivity index (χ1n) is 8.09. The first kappa shape index (κ1) is 18.5. The van der Waals surface area contributed by atoms with E-state index >= 15 is 0 Å². The third kappa shape index (κ3) is 6.46. The van der Waals surface area contributed by atoms with Gasteiger partial charge in [0.15, 0.2) is 0 Å². The predicted molar refractivity (Wildman–Crippen MR) is 92.6 cm³/mol. The lowest BCUT2D eigenvalue weighted by atomic mass is 9.77. The predicted octanol–water partition coefficient (Wildman–Crippen LogP) is 5.04. The SMILES string of the molecule is CC(=O)OC(/C=C\C(Cc1ccccc1)C(C)(C)C)C(C)C. The number of hydrogen-bond donors (Lipinski definition) is 0. The van der Waals surface area contributed by atoms with Crippen molar-refractivity contribution >= 4 is 5.97 Å². The summed E-state index contributed by atoms with van der Waals surface area (Å²) in [4.78, 5) is 11.2. The molecule has 0 aliphatic rings. The second-order valence-electron chi connectivity index (χ2n) is 7.37. The highest BCUT2D eigenvalue weighted by Crippen LogP contribution is 2.30. The van der Waals surface area contributed by atoms with Gasteiger partial charge in [0.1, 0.15) is 6.10 Å². The Morgan fingerprint density at radius 3 is 2.18 bits per heavy atom. The van der Waals surface area contributed by atoms with Crippen molar-refractivity contribution < 1.29 is 9.53 Å². The van der Waals surface area contributed by atoms with Crippen molar-refractivity contribution in [2.45, 2.75) is 54.1 Å². The van der Waals surface area contributed by atoms with E-state index in [0.29, 0.717) is 5.92 Å². The van der Waals surface area contributed by atoms with Gasteiger partial charge in [0.2, 0.25) is 0 Å². The molecule has 2 heteroatoms. The number of carbonyl (C=O) groups excluding carboxylic acids is 1. The number of benzene rings is 1. The third-order valence-corrected chi connectivity index (χ3v) is 3.90. The van der Waals surface area contributed by atoms with Gasteiger partial charge in [-0.05, 0) is 35.3 Å². The third-order valence-electron chi connectivity index (χ3n) is 3.90. The van der Waals surface area contributed by atoms with Gasteiger partial charge in [-0.3, -0.25) is 4.79 Å². The second kappa shape index (κ2) is 8.17. The maximum Gasteiger partial charge on any atom is 0.303 e. The number of hydrogen-bond acceptors (Lipinski definition) is 2. The highest BCUT2D eigenvalue weighted by molar-refractivity contribution is 5.66. The zero-order valence-corrected chi connectivity index (χ0v) is 14.8. The van der Waals surface area contributed by atoms with E-state index in [-0.39, 0.29) is 23.4 Å². The van der Waals surface area contributed by atoms with Crippen molar-refractivity contribution in [2.75, 3.05) is 0 Å². The van der Waals surface area contributed by atoms with E-state index in [1.165, 1.54) is 12.5 Å². The lowest BCUT2D eigenvalue weighted by Crippen LogP contribution is -2.24. The molecule has 0 heterocycles. The highest BCUT2D eigenvalue weighted by Gasteiger charge is 2.23. The molecule has 0 saturated heterocycles. The summed E-state index contributed by atoms with van der Waals surface area (Å²) in [5.41, 5.74) is 1.49. The Kier molecular flexibility index (Phi) is 6.86. The maximum absolute atomic E-state index is 11.2. The Balaban J connectivity index is 2.88. The molecule has 2 nitrogen and oxygen atoms in total. The van der Waals surface area contributed by atoms with E-state index in [2.05, 4.69) is 71.0 Å². The van der Waals surface area contributed by atoms with Crippen LogP contribution in [0.25, 0.3) is 0 Å². The van der Waals surface area contributed by atoms with Crippen LogP contribution in [0.15, 0.2) is 42.5 Å². The molecule has 22 heavy (non-hydrogen) atoms. The van der Waals surface area contributed by atoms with Crippen LogP contribution in [-0.4, -0.2) is 12.1 Å². The van der Waals surface area contributed by atoms with Crippen LogP contribution < -0.4 is 0 Å². The summed E-state index contributed by atoms with van der Waals surface area (Å²) in [6.45, 7) is 12.4. The molecule has 1 rings (SSSR count). The molecule has 122 valence electrons. The van der Waals surface area contributed by atoms with Crippen LogP contribution in [0, 0.1) is 17.3 Å². The Labute approximate surface area is 135 Å². The van der Waals surface area contributed by atoms with E-state index in [1.54, 1.807) is 0 Å². The van der Waals surface area contributed by atoms with E-state index < -0.39 is 0 Å². The molecule has 2 unspecified atom stereocenters. The van der Waals surface area contributed by atoms with Crippen molar-refractivity contribution in [1.29, 1.82) is 0 Å². The molecular formula is C20H30O2. The topological polar surface area (TPSA) is 26.3 Å². The summed E-state index contributed by atoms with van der Waals surface area (Å²) in [5.74, 6) is 0.447. The standard InChI is InChI=1S/C20H30O2/c1-15(2)19(22-16(3)21)13-12-18(20(4,5)6)14-17-10-8-7-9-11-17/h7-13,15,18-19H,14H2,1-6H3/b13-12-. The number of allylic oxidation sites excluding steroid dienone is 1. The molecule has 2 atom stereocenters. The van der Waals surface area contributed by atoms with E-state index in [1.807, 2.05) is 6.07 Å². The summed E-state index contributed by atoms with van der Waals surface area (Å²) >= 11 is 0. The first-order chi connectivity index (χ1) is 10.2. The van der Waals surface area contributed by atoms with Crippen LogP contribution in [0.2, 0.25) is 0 Å². The van der Waals surface area contributed by atoms with E-state index in [0.717, 1.165) is 6.42 Å². The van der Waals surface area contributed by atoms with Gasteiger partial charge in [0.05, 0.1) is 0 Å². The van der Waals surface area contributed by atoms with Crippen LogP contribution in [0.5, 0.6) is 0 Å². The molecule has 0 fully saturated rings. The Morgan fingerprint density at radius 2 is 1.73 bits per heavy atom. The zero-order chi connectivity index (χ0) is 16.8. The molecule has 1 aromatic carbocycles. The van der Waals surface area contributed by atoms with Crippen LogP contribution in [0.1, 0.15) is 47.1 Å². The minimum absolute atomic E-state index is 0.155. The average Bonchev–Trinajstić information content (AvgIpc) is 2.41. The van der Waals surface area contributed by atoms with E-state index in [4.69, 9.17) is 4.74 Å². The fourth-order valence-electron chi connectivity index (χ4n) is 2.36. The van der Waals surface area contributed by atoms with Gasteiger partial charge in [-0.1, -0.05) is 71.0 Å². The van der Waals surface area contributed by atoms with Gasteiger partial charge in [0.25, 0.3) is 0 Å². The van der Waals surface area contributed by atoms with Crippen molar-refractivity contribution in [3.05, 3.63) is 48.0 Å². The fourth-order valence-corrected chi connectivity index (χ4v) is 2.36. The molecule has 0 saturated carbocycles. The molecule has 0 aromatic heterocycles. The lowest BCUT2D eigenvalue weighted by molar-refractivity contribution is -0.145. The first-order valence-corrected chi connectivity index (χ1v) is 8.09. The lowest BCUT2D eigenvalue weighted by Gasteiger charge is -2.29. The minimum Gasteiger partial charge on any atom is -0.458 e. The summed E-state index contributed by atoms with van der Waals surface area (Å²) in [7, 11) is 0. The molecule has 0 radical (unpaired) electrons. The molecule has 0 aliphatic carbocycles. The quantitative estimate of drug-likeness (QED) is 0.544. The van der Waals surface area contributed by atoms with Gasteiger partial charge in [0, 0.05) is 6.92 Å². The van der Waals surface area contributed by atoms with Gasteiger partial charge in [-0.15, -0.1) is 0 Å². The smallest absolute Gasteiger partial charge is 0.303 e. The Hall–Kier alpha value is -1.57. The molecule has 1 aromatic rings. The van der Waals surface area contributed by atoms with Gasteiger partial charge < -0.3 is 4.74 Å². The molecule has 0 bridgehead atoms. The maximum atomic E-state index is 11.2. The van der Waals surface area contributed by atoms with Gasteiger partial charge in [-0.25, -0.2) is 0 Å². The van der Waals surface area contributed by atoms with E-state index in [9.17, 15) is 4.79 Å². The Morgan fingerprint density at radius 1 is 1.14 bits per heavy atom. The molecule has 0 amide bonds. The van der Waals surface area contributed by atoms with Crippen molar-refractivity contribution in [1.82, 2.24) is 0 Å². The highest BCUT2D eigenvalue weighted by atomic mass is 16.5. The average molecular weight is 302 g/mol. The fraction of sp³-hybridized carbons (Fsp3) is 0.550. The van der Waals surface area contributed by atoms with Crippen molar-refractivity contribution in [3.8, 4) is 0 Å². The minimum atomic E-state index is -0.223. The normalized spacial score (nSPS) is 15.0. The van der Waals surface area contributed by atoms with Crippen LogP contribution in [-0.2, 0) is 16.0 Å². The second-order valence-corrected chi connectivity index (χ2v) is 7.37. The molecule has 0 N–H and O–H groups in total. The summed E-state index contributed by atoms with van der Waals surface area (Å²) < 4.78 is 5.40. The largest absolute Gasteiger partial charge is 0.458 e. The summed E-state index contributed by atoms with van der Waals surface area (Å²) in [5, 5.41) is 0. The van der Waals surface area contributed by atoms with Crippen molar-refractivity contribution in [3.63, 3.8) is 0 Å². The van der Waals surface area contributed by atoms with Crippen molar-refractivity contribution in [2.24, 2.45) is 17.3 Å². The van der Waals surface area contributed by atoms with Crippen LogP contribution in [0.4, 0.5) is 0 Å².